The molecule has 4 rings (SSSR count). The Labute approximate surface area is 156 Å². The molecule has 0 radical (unpaired) electrons. The van der Waals surface area contributed by atoms with Crippen LogP contribution >= 0.6 is 11.6 Å². The number of cyclic esters (lactones) is 1. The average molecular weight is 390 g/mol. The number of imidazole rings is 1. The van der Waals surface area contributed by atoms with Crippen molar-refractivity contribution in [1.29, 1.82) is 0 Å². The van der Waals surface area contributed by atoms with Crippen molar-refractivity contribution in [3.63, 3.8) is 0 Å². The van der Waals surface area contributed by atoms with Gasteiger partial charge in [0.1, 0.15) is 11.4 Å². The highest BCUT2D eigenvalue weighted by molar-refractivity contribution is 6.31. The van der Waals surface area contributed by atoms with Gasteiger partial charge < -0.3 is 9.47 Å². The Morgan fingerprint density at radius 2 is 1.96 bits per heavy atom. The molecule has 0 saturated heterocycles. The third-order valence-corrected chi connectivity index (χ3v) is 4.03. The summed E-state index contributed by atoms with van der Waals surface area (Å²) < 4.78 is 36.4. The van der Waals surface area contributed by atoms with Gasteiger partial charge in [-0.05, 0) is 30.3 Å². The van der Waals surface area contributed by atoms with Gasteiger partial charge in [-0.3, -0.25) is 4.40 Å². The molecule has 136 valence electrons. The highest BCUT2D eigenvalue weighted by atomic mass is 35.5. The summed E-state index contributed by atoms with van der Waals surface area (Å²) in [5, 5.41) is 0.187. The molecular formula is C18H10ClF2N3O3. The molecule has 3 aromatic rings. The molecule has 0 saturated carbocycles. The zero-order valence-corrected chi connectivity index (χ0v) is 14.2. The molecule has 0 spiro atoms. The van der Waals surface area contributed by atoms with E-state index in [4.69, 9.17) is 16.3 Å². The summed E-state index contributed by atoms with van der Waals surface area (Å²) in [6.45, 7) is -3.02. The molecule has 0 N–H and O–H groups in total. The highest BCUT2D eigenvalue weighted by Crippen LogP contribution is 2.27. The molecule has 9 heteroatoms. The Morgan fingerprint density at radius 3 is 2.78 bits per heavy atom. The number of alkyl halides is 2. The maximum atomic E-state index is 12.6. The Bertz CT molecular complexity index is 1110. The van der Waals surface area contributed by atoms with E-state index in [0.29, 0.717) is 11.3 Å². The summed E-state index contributed by atoms with van der Waals surface area (Å²) in [7, 11) is 0. The van der Waals surface area contributed by atoms with Crippen molar-refractivity contribution in [3.8, 4) is 5.75 Å². The summed E-state index contributed by atoms with van der Waals surface area (Å²) >= 11 is 6.15. The third-order valence-electron chi connectivity index (χ3n) is 3.75. The number of halogens is 3. The first-order valence-electron chi connectivity index (χ1n) is 7.72. The van der Waals surface area contributed by atoms with Crippen LogP contribution in [0.25, 0.3) is 11.7 Å². The van der Waals surface area contributed by atoms with Crippen LogP contribution in [0.1, 0.15) is 11.3 Å². The lowest BCUT2D eigenvalue weighted by atomic mass is 10.2. The molecule has 0 fully saturated rings. The number of carbonyl (C=O) groups is 1. The smallest absolute Gasteiger partial charge is 0.387 e. The van der Waals surface area contributed by atoms with Gasteiger partial charge in [0.05, 0.1) is 11.3 Å². The molecule has 0 amide bonds. The van der Waals surface area contributed by atoms with Gasteiger partial charge in [-0.2, -0.15) is 8.78 Å². The van der Waals surface area contributed by atoms with Crippen LogP contribution in [0.4, 0.5) is 8.78 Å². The minimum Gasteiger partial charge on any atom is -0.434 e. The number of benzene rings is 1. The van der Waals surface area contributed by atoms with Crippen molar-refractivity contribution in [2.24, 2.45) is 4.99 Å². The van der Waals surface area contributed by atoms with Gasteiger partial charge in [-0.25, -0.2) is 14.8 Å². The van der Waals surface area contributed by atoms with Crippen LogP contribution in [0, 0.1) is 0 Å². The lowest BCUT2D eigenvalue weighted by molar-refractivity contribution is -0.129. The lowest BCUT2D eigenvalue weighted by Gasteiger charge is -2.08. The summed E-state index contributed by atoms with van der Waals surface area (Å²) in [4.78, 5) is 20.5. The van der Waals surface area contributed by atoms with Crippen molar-refractivity contribution in [2.45, 2.75) is 6.61 Å². The Morgan fingerprint density at radius 1 is 1.19 bits per heavy atom. The van der Waals surface area contributed by atoms with Crippen LogP contribution in [0.15, 0.2) is 59.4 Å². The zero-order valence-electron chi connectivity index (χ0n) is 13.5. The molecule has 27 heavy (non-hydrogen) atoms. The first-order valence-corrected chi connectivity index (χ1v) is 8.10. The number of carbonyl (C=O) groups excluding carboxylic acids is 1. The van der Waals surface area contributed by atoms with Gasteiger partial charge in [-0.15, -0.1) is 0 Å². The SMILES string of the molecule is O=C1OC(c2ccccc2OC(F)F)=N/C1=C\c1c(Cl)nc2ccccn12. The number of hydrogen-bond acceptors (Lipinski definition) is 5. The number of nitrogens with zero attached hydrogens (tertiary/aromatic N) is 3. The Hall–Kier alpha value is -3.26. The fourth-order valence-electron chi connectivity index (χ4n) is 2.61. The molecular weight excluding hydrogens is 380 g/mol. The van der Waals surface area contributed by atoms with Crippen molar-refractivity contribution in [3.05, 3.63) is 70.8 Å². The molecule has 1 aliphatic rings. The van der Waals surface area contributed by atoms with E-state index >= 15 is 0 Å². The number of rotatable bonds is 4. The average Bonchev–Trinajstić information content (AvgIpc) is 3.15. The minimum atomic E-state index is -3.02. The van der Waals surface area contributed by atoms with E-state index in [9.17, 15) is 13.6 Å². The van der Waals surface area contributed by atoms with Crippen LogP contribution in [-0.2, 0) is 9.53 Å². The van der Waals surface area contributed by atoms with E-state index in [1.54, 1.807) is 34.9 Å². The van der Waals surface area contributed by atoms with Gasteiger partial charge in [0.2, 0.25) is 5.90 Å². The molecule has 2 aromatic heterocycles. The number of aliphatic imine (C=N–C) groups is 1. The zero-order chi connectivity index (χ0) is 19.0. The molecule has 3 heterocycles. The minimum absolute atomic E-state index is 0.0376. The summed E-state index contributed by atoms with van der Waals surface area (Å²) in [6.07, 6.45) is 3.16. The lowest BCUT2D eigenvalue weighted by Crippen LogP contribution is -2.10. The van der Waals surface area contributed by atoms with Crippen LogP contribution in [0.2, 0.25) is 5.15 Å². The monoisotopic (exact) mass is 389 g/mol. The second-order valence-corrected chi connectivity index (χ2v) is 5.79. The van der Waals surface area contributed by atoms with E-state index in [-0.39, 0.29) is 28.1 Å². The molecule has 1 aliphatic heterocycles. The molecule has 6 nitrogen and oxygen atoms in total. The summed E-state index contributed by atoms with van der Waals surface area (Å²) in [5.41, 5.74) is 1.14. The van der Waals surface area contributed by atoms with Gasteiger partial charge in [0.25, 0.3) is 0 Å². The quantitative estimate of drug-likeness (QED) is 0.501. The standard InChI is InChI=1S/C18H10ClF2N3O3/c19-15-12(24-8-4-3-7-14(24)23-15)9-11-17(25)27-16(22-11)10-5-1-2-6-13(10)26-18(20)21/h1-9,18H/b11-9-. The maximum Gasteiger partial charge on any atom is 0.387 e. The van der Waals surface area contributed by atoms with Crippen molar-refractivity contribution in [1.82, 2.24) is 9.38 Å². The predicted octanol–water partition coefficient (Wildman–Crippen LogP) is 3.93. The Balaban J connectivity index is 1.76. The van der Waals surface area contributed by atoms with Crippen molar-refractivity contribution in [2.75, 3.05) is 0 Å². The molecule has 0 bridgehead atoms. The fraction of sp³-hybridized carbons (Fsp3) is 0.0556. The second-order valence-electron chi connectivity index (χ2n) is 5.43. The first-order chi connectivity index (χ1) is 13.0. The topological polar surface area (TPSA) is 65.2 Å². The number of hydrogen-bond donors (Lipinski definition) is 0. The van der Waals surface area contributed by atoms with E-state index in [2.05, 4.69) is 14.7 Å². The Kier molecular flexibility index (Phi) is 4.33. The van der Waals surface area contributed by atoms with E-state index < -0.39 is 12.6 Å². The number of para-hydroxylation sites is 1. The van der Waals surface area contributed by atoms with Crippen LogP contribution in [-0.4, -0.2) is 27.9 Å². The third kappa shape index (κ3) is 3.26. The van der Waals surface area contributed by atoms with Crippen LogP contribution in [0.3, 0.4) is 0 Å². The van der Waals surface area contributed by atoms with Gasteiger partial charge in [-0.1, -0.05) is 29.8 Å². The van der Waals surface area contributed by atoms with E-state index in [1.165, 1.54) is 24.3 Å². The fourth-order valence-corrected chi connectivity index (χ4v) is 2.84. The number of esters is 1. The molecule has 1 aromatic carbocycles. The first kappa shape index (κ1) is 17.2. The van der Waals surface area contributed by atoms with Crippen molar-refractivity contribution < 1.29 is 23.0 Å². The maximum absolute atomic E-state index is 12.6. The molecule has 0 atom stereocenters. The molecule has 0 aliphatic carbocycles. The van der Waals surface area contributed by atoms with Gasteiger partial charge in [0.15, 0.2) is 10.9 Å². The number of fused-ring (bicyclic) bond motifs is 1. The second kappa shape index (κ2) is 6.81. The largest absolute Gasteiger partial charge is 0.434 e. The molecule has 0 unspecified atom stereocenters. The van der Waals surface area contributed by atoms with E-state index in [1.807, 2.05) is 0 Å². The van der Waals surface area contributed by atoms with Crippen molar-refractivity contribution >= 4 is 35.2 Å². The number of pyridine rings is 1. The summed E-state index contributed by atoms with van der Waals surface area (Å²) in [6, 6.07) is 11.3. The van der Waals surface area contributed by atoms with Crippen LogP contribution < -0.4 is 4.74 Å². The summed E-state index contributed by atoms with van der Waals surface area (Å²) in [5.74, 6) is -1.01. The van der Waals surface area contributed by atoms with Gasteiger partial charge in [0, 0.05) is 6.20 Å². The number of aromatic nitrogens is 2. The van der Waals surface area contributed by atoms with Gasteiger partial charge >= 0.3 is 12.6 Å². The normalized spacial score (nSPS) is 15.5. The highest BCUT2D eigenvalue weighted by Gasteiger charge is 2.27. The van der Waals surface area contributed by atoms with Crippen LogP contribution in [0.5, 0.6) is 5.75 Å². The van der Waals surface area contributed by atoms with E-state index in [0.717, 1.165) is 0 Å². The predicted molar refractivity (Wildman–Crippen MR) is 93.9 cm³/mol. The number of ether oxygens (including phenoxy) is 2.